The number of hydrogen-bond acceptors (Lipinski definition) is 3. The zero-order valence-corrected chi connectivity index (χ0v) is 18.9. The second kappa shape index (κ2) is 7.95. The minimum atomic E-state index is -0.0162. The summed E-state index contributed by atoms with van der Waals surface area (Å²) >= 11 is 0. The van der Waals surface area contributed by atoms with Crippen LogP contribution in [0.1, 0.15) is 54.1 Å². The lowest BCUT2D eigenvalue weighted by atomic mass is 9.87. The first kappa shape index (κ1) is 19.8. The molecule has 3 aromatic rings. The number of benzene rings is 1. The summed E-state index contributed by atoms with van der Waals surface area (Å²) < 4.78 is 2.10. The first-order valence-electron chi connectivity index (χ1n) is 12.3. The lowest BCUT2D eigenvalue weighted by Gasteiger charge is -2.35. The maximum Gasteiger partial charge on any atom is 0.253 e. The fraction of sp³-hybridized carbons (Fsp3) is 0.481. The van der Waals surface area contributed by atoms with Crippen LogP contribution in [0.4, 0.5) is 5.69 Å². The van der Waals surface area contributed by atoms with Crippen molar-refractivity contribution in [2.24, 2.45) is 11.8 Å². The molecule has 2 unspecified atom stereocenters. The standard InChI is InChI=1S/C27H32N4O/c1-2-30-10-9-22-12-23(15-28-26(22)30)27(32)29-24-7-5-21-14-25(8-6-20(21)13-24)31-16-18-3-4-19(11-18)17-31/h6,8-10,12,14-15,18-19,24H,2-5,7,11,13,16-17H2,1H3,(H,29,32)/t18?,19?,24-/m0/s1. The Bertz CT molecular complexity index is 1150. The highest BCUT2D eigenvalue weighted by Gasteiger charge is 2.33. The Hall–Kier alpha value is -2.82. The van der Waals surface area contributed by atoms with Crippen molar-refractivity contribution in [2.75, 3.05) is 18.0 Å². The minimum Gasteiger partial charge on any atom is -0.371 e. The molecule has 2 aliphatic carbocycles. The Morgan fingerprint density at radius 2 is 1.94 bits per heavy atom. The van der Waals surface area contributed by atoms with Crippen molar-refractivity contribution >= 4 is 22.6 Å². The molecular formula is C27H32N4O. The largest absolute Gasteiger partial charge is 0.371 e. The van der Waals surface area contributed by atoms with Gasteiger partial charge >= 0.3 is 0 Å². The van der Waals surface area contributed by atoms with E-state index in [4.69, 9.17) is 0 Å². The molecule has 2 aromatic heterocycles. The minimum absolute atomic E-state index is 0.0162. The SMILES string of the molecule is CCn1ccc2cc(C(=O)N[C@H]3CCc4cc(N5CC6CCC(C6)C5)ccc4C3)cnc21. The number of nitrogens with zero attached hydrogens (tertiary/aromatic N) is 3. The molecule has 1 N–H and O–H groups in total. The van der Waals surface area contributed by atoms with Crippen LogP contribution in [0.5, 0.6) is 0 Å². The van der Waals surface area contributed by atoms with E-state index in [0.717, 1.165) is 48.7 Å². The van der Waals surface area contributed by atoms with E-state index in [-0.39, 0.29) is 11.9 Å². The molecule has 1 amide bonds. The number of pyridine rings is 1. The Balaban J connectivity index is 1.13. The van der Waals surface area contributed by atoms with Gasteiger partial charge in [0, 0.05) is 49.1 Å². The zero-order valence-electron chi connectivity index (χ0n) is 18.9. The van der Waals surface area contributed by atoms with Crippen LogP contribution in [0.2, 0.25) is 0 Å². The third kappa shape index (κ3) is 3.58. The molecule has 3 atom stereocenters. The number of hydrogen-bond donors (Lipinski definition) is 1. The van der Waals surface area contributed by atoms with Crippen LogP contribution in [0.25, 0.3) is 11.0 Å². The van der Waals surface area contributed by atoms with Crippen molar-refractivity contribution in [3.63, 3.8) is 0 Å². The van der Waals surface area contributed by atoms with E-state index in [2.05, 4.69) is 44.9 Å². The topological polar surface area (TPSA) is 50.2 Å². The highest BCUT2D eigenvalue weighted by atomic mass is 16.1. The van der Waals surface area contributed by atoms with E-state index in [1.54, 1.807) is 6.20 Å². The van der Waals surface area contributed by atoms with Crippen LogP contribution in [-0.2, 0) is 19.4 Å². The number of nitrogens with one attached hydrogen (secondary N) is 1. The predicted octanol–water partition coefficient (Wildman–Crippen LogP) is 4.58. The maximum atomic E-state index is 12.9. The van der Waals surface area contributed by atoms with Gasteiger partial charge in [-0.15, -0.1) is 0 Å². The van der Waals surface area contributed by atoms with Gasteiger partial charge in [0.1, 0.15) is 5.65 Å². The number of carbonyl (C=O) groups excluding carboxylic acids is 1. The molecule has 0 radical (unpaired) electrons. The number of aromatic nitrogens is 2. The Morgan fingerprint density at radius 1 is 1.09 bits per heavy atom. The summed E-state index contributed by atoms with van der Waals surface area (Å²) in [6.45, 7) is 5.44. The lowest BCUT2D eigenvalue weighted by Crippen LogP contribution is -2.39. The van der Waals surface area contributed by atoms with Crippen molar-refractivity contribution in [1.82, 2.24) is 14.9 Å². The zero-order chi connectivity index (χ0) is 21.7. The fourth-order valence-electron chi connectivity index (χ4n) is 6.21. The number of amides is 1. The number of carbonyl (C=O) groups is 1. The third-order valence-corrected chi connectivity index (χ3v) is 7.93. The van der Waals surface area contributed by atoms with Gasteiger partial charge in [0.2, 0.25) is 0 Å². The van der Waals surface area contributed by atoms with E-state index in [1.807, 2.05) is 18.3 Å². The molecular weight excluding hydrogens is 396 g/mol. The molecule has 1 saturated heterocycles. The van der Waals surface area contributed by atoms with E-state index in [0.29, 0.717) is 5.56 Å². The molecule has 32 heavy (non-hydrogen) atoms. The number of anilines is 1. The molecule has 166 valence electrons. The molecule has 2 fully saturated rings. The monoisotopic (exact) mass is 428 g/mol. The summed E-state index contributed by atoms with van der Waals surface area (Å²) in [4.78, 5) is 20.1. The average molecular weight is 429 g/mol. The maximum absolute atomic E-state index is 12.9. The molecule has 1 aromatic carbocycles. The van der Waals surface area contributed by atoms with Gasteiger partial charge in [-0.25, -0.2) is 4.98 Å². The normalized spacial score (nSPS) is 24.5. The molecule has 6 rings (SSSR count). The highest BCUT2D eigenvalue weighted by molar-refractivity contribution is 5.97. The smallest absolute Gasteiger partial charge is 0.253 e. The van der Waals surface area contributed by atoms with Crippen molar-refractivity contribution in [2.45, 2.75) is 58.0 Å². The van der Waals surface area contributed by atoms with Gasteiger partial charge in [0.05, 0.1) is 5.56 Å². The first-order chi connectivity index (χ1) is 15.7. The number of piperidine rings is 1. The second-order valence-corrected chi connectivity index (χ2v) is 10.1. The van der Waals surface area contributed by atoms with E-state index < -0.39 is 0 Å². The second-order valence-electron chi connectivity index (χ2n) is 10.1. The predicted molar refractivity (Wildman–Crippen MR) is 128 cm³/mol. The van der Waals surface area contributed by atoms with Crippen molar-refractivity contribution < 1.29 is 4.79 Å². The first-order valence-corrected chi connectivity index (χ1v) is 12.3. The average Bonchev–Trinajstić information content (AvgIpc) is 3.39. The van der Waals surface area contributed by atoms with Gasteiger partial charge in [-0.05, 0) is 92.7 Å². The van der Waals surface area contributed by atoms with Crippen LogP contribution < -0.4 is 10.2 Å². The Kier molecular flexibility index (Phi) is 4.93. The summed E-state index contributed by atoms with van der Waals surface area (Å²) in [5, 5.41) is 4.28. The summed E-state index contributed by atoms with van der Waals surface area (Å²) in [6, 6.07) is 11.2. The summed E-state index contributed by atoms with van der Waals surface area (Å²) in [5.41, 5.74) is 5.84. The molecule has 3 heterocycles. The molecule has 5 nitrogen and oxygen atoms in total. The van der Waals surface area contributed by atoms with Gasteiger partial charge < -0.3 is 14.8 Å². The Morgan fingerprint density at radius 3 is 2.75 bits per heavy atom. The van der Waals surface area contributed by atoms with Gasteiger partial charge in [0.15, 0.2) is 0 Å². The van der Waals surface area contributed by atoms with Crippen molar-refractivity contribution in [1.29, 1.82) is 0 Å². The van der Waals surface area contributed by atoms with Crippen LogP contribution in [0.3, 0.4) is 0 Å². The van der Waals surface area contributed by atoms with E-state index >= 15 is 0 Å². The molecule has 0 spiro atoms. The van der Waals surface area contributed by atoms with Crippen LogP contribution >= 0.6 is 0 Å². The van der Waals surface area contributed by atoms with Gasteiger partial charge in [-0.1, -0.05) is 6.07 Å². The van der Waals surface area contributed by atoms with Crippen LogP contribution in [0.15, 0.2) is 42.7 Å². The van der Waals surface area contributed by atoms with E-state index in [9.17, 15) is 4.79 Å². The van der Waals surface area contributed by atoms with Gasteiger partial charge in [0.25, 0.3) is 5.91 Å². The van der Waals surface area contributed by atoms with E-state index in [1.165, 1.54) is 49.2 Å². The quantitative estimate of drug-likeness (QED) is 0.662. The molecule has 5 heteroatoms. The molecule has 1 aliphatic heterocycles. The number of fused-ring (bicyclic) bond motifs is 4. The fourth-order valence-corrected chi connectivity index (χ4v) is 6.21. The Labute approximate surface area is 189 Å². The van der Waals surface area contributed by atoms with Gasteiger partial charge in [-0.3, -0.25) is 4.79 Å². The number of rotatable bonds is 4. The van der Waals surface area contributed by atoms with Crippen LogP contribution in [-0.4, -0.2) is 34.6 Å². The third-order valence-electron chi connectivity index (χ3n) is 7.93. The lowest BCUT2D eigenvalue weighted by molar-refractivity contribution is 0.0933. The highest BCUT2D eigenvalue weighted by Crippen LogP contribution is 2.39. The molecule has 1 saturated carbocycles. The van der Waals surface area contributed by atoms with Crippen molar-refractivity contribution in [3.8, 4) is 0 Å². The summed E-state index contributed by atoms with van der Waals surface area (Å²) in [7, 11) is 0. The summed E-state index contributed by atoms with van der Waals surface area (Å²) in [6.07, 6.45) is 10.9. The number of aryl methyl sites for hydroxylation is 2. The van der Waals surface area contributed by atoms with Crippen LogP contribution in [0, 0.1) is 11.8 Å². The van der Waals surface area contributed by atoms with Gasteiger partial charge in [-0.2, -0.15) is 0 Å². The van der Waals surface area contributed by atoms with Crippen molar-refractivity contribution in [3.05, 3.63) is 59.4 Å². The summed E-state index contributed by atoms with van der Waals surface area (Å²) in [5.74, 6) is 1.79. The molecule has 2 bridgehead atoms. The molecule has 3 aliphatic rings.